The molecule has 120 valence electrons. The number of methoxy groups -OCH3 is 1. The summed E-state index contributed by atoms with van der Waals surface area (Å²) in [5, 5.41) is 0.151. The molecule has 0 fully saturated rings. The molecule has 2 aromatic carbocycles. The average Bonchev–Trinajstić information content (AvgIpc) is 2.54. The number of hydrogen-bond donors (Lipinski definition) is 1. The Kier molecular flexibility index (Phi) is 5.18. The van der Waals surface area contributed by atoms with Gasteiger partial charge in [-0.25, -0.2) is 9.18 Å². The third-order valence-corrected chi connectivity index (χ3v) is 3.37. The van der Waals surface area contributed by atoms with Crippen LogP contribution in [0.1, 0.15) is 20.7 Å². The van der Waals surface area contributed by atoms with Gasteiger partial charge in [0, 0.05) is 6.07 Å². The predicted molar refractivity (Wildman–Crippen MR) is 83.4 cm³/mol. The monoisotopic (exact) mass is 337 g/mol. The smallest absolute Gasteiger partial charge is 0.342 e. The van der Waals surface area contributed by atoms with E-state index in [0.717, 1.165) is 6.07 Å². The Morgan fingerprint density at radius 3 is 2.57 bits per heavy atom. The van der Waals surface area contributed by atoms with Gasteiger partial charge in [0.25, 0.3) is 0 Å². The molecule has 0 heterocycles. The summed E-state index contributed by atoms with van der Waals surface area (Å²) in [6, 6.07) is 8.09. The van der Waals surface area contributed by atoms with Gasteiger partial charge in [0.1, 0.15) is 17.1 Å². The number of Topliss-reactive ketones (excluding diaryl/α,β-unsaturated/α-hetero) is 1. The molecular formula is C16H13ClFNO4. The molecule has 7 heteroatoms. The van der Waals surface area contributed by atoms with E-state index in [1.807, 2.05) is 0 Å². The number of nitrogens with two attached hydrogens (primary N) is 1. The summed E-state index contributed by atoms with van der Waals surface area (Å²) < 4.78 is 23.4. The Morgan fingerprint density at radius 2 is 1.91 bits per heavy atom. The van der Waals surface area contributed by atoms with Crippen LogP contribution in [0.3, 0.4) is 0 Å². The van der Waals surface area contributed by atoms with Crippen molar-refractivity contribution in [2.75, 3.05) is 19.5 Å². The molecule has 0 aliphatic heterocycles. The zero-order valence-corrected chi connectivity index (χ0v) is 12.9. The fourth-order valence-corrected chi connectivity index (χ4v) is 2.04. The highest BCUT2D eigenvalue weighted by Crippen LogP contribution is 2.29. The summed E-state index contributed by atoms with van der Waals surface area (Å²) in [5.74, 6) is -2.00. The summed E-state index contributed by atoms with van der Waals surface area (Å²) in [7, 11) is 1.35. The summed E-state index contributed by atoms with van der Waals surface area (Å²) in [4.78, 5) is 23.9. The number of carbonyl (C=O) groups is 2. The first-order chi connectivity index (χ1) is 10.9. The molecule has 0 bridgehead atoms. The minimum absolute atomic E-state index is 0.0213. The van der Waals surface area contributed by atoms with Gasteiger partial charge in [0.15, 0.2) is 6.61 Å². The summed E-state index contributed by atoms with van der Waals surface area (Å²) in [6.45, 7) is -0.606. The van der Waals surface area contributed by atoms with Crippen molar-refractivity contribution < 1.29 is 23.5 Å². The molecule has 2 aromatic rings. The number of hydrogen-bond acceptors (Lipinski definition) is 5. The maximum Gasteiger partial charge on any atom is 0.342 e. The molecule has 5 nitrogen and oxygen atoms in total. The minimum Gasteiger partial charge on any atom is -0.496 e. The van der Waals surface area contributed by atoms with E-state index in [1.54, 1.807) is 0 Å². The van der Waals surface area contributed by atoms with Crippen molar-refractivity contribution in [1.29, 1.82) is 0 Å². The Labute approximate surface area is 136 Å². The summed E-state index contributed by atoms with van der Waals surface area (Å²) in [5.41, 5.74) is 5.73. The lowest BCUT2D eigenvalue weighted by molar-refractivity contribution is 0.0470. The number of esters is 1. The Hall–Kier alpha value is -2.60. The Bertz CT molecular complexity index is 764. The van der Waals surface area contributed by atoms with Crippen LogP contribution in [0.5, 0.6) is 5.75 Å². The van der Waals surface area contributed by atoms with Crippen molar-refractivity contribution in [3.63, 3.8) is 0 Å². The van der Waals surface area contributed by atoms with Gasteiger partial charge in [-0.2, -0.15) is 0 Å². The normalized spacial score (nSPS) is 10.2. The summed E-state index contributed by atoms with van der Waals surface area (Å²) in [6.07, 6.45) is 0. The van der Waals surface area contributed by atoms with E-state index in [0.29, 0.717) is 0 Å². The largest absolute Gasteiger partial charge is 0.496 e. The molecule has 2 N–H and O–H groups in total. The molecule has 0 saturated carbocycles. The van der Waals surface area contributed by atoms with E-state index in [2.05, 4.69) is 0 Å². The van der Waals surface area contributed by atoms with Crippen LogP contribution < -0.4 is 10.5 Å². The molecule has 2 rings (SSSR count). The fraction of sp³-hybridized carbons (Fsp3) is 0.125. The van der Waals surface area contributed by atoms with Gasteiger partial charge in [0.05, 0.1) is 23.4 Å². The molecule has 0 unspecified atom stereocenters. The first-order valence-electron chi connectivity index (χ1n) is 6.52. The van der Waals surface area contributed by atoms with Gasteiger partial charge in [-0.3, -0.25) is 4.79 Å². The maximum atomic E-state index is 13.5. The number of ketones is 1. The highest BCUT2D eigenvalue weighted by atomic mass is 35.5. The second kappa shape index (κ2) is 7.11. The Morgan fingerprint density at radius 1 is 1.22 bits per heavy atom. The topological polar surface area (TPSA) is 78.6 Å². The van der Waals surface area contributed by atoms with Gasteiger partial charge in [-0.05, 0) is 18.2 Å². The molecule has 0 atom stereocenters. The van der Waals surface area contributed by atoms with E-state index in [4.69, 9.17) is 26.8 Å². The van der Waals surface area contributed by atoms with Gasteiger partial charge < -0.3 is 15.2 Å². The number of nitrogen functional groups attached to an aromatic ring is 1. The molecule has 0 saturated heterocycles. The number of halogens is 2. The molecule has 0 amide bonds. The highest BCUT2D eigenvalue weighted by molar-refractivity contribution is 6.33. The van der Waals surface area contributed by atoms with Crippen molar-refractivity contribution >= 4 is 29.0 Å². The lowest BCUT2D eigenvalue weighted by Crippen LogP contribution is -2.16. The maximum absolute atomic E-state index is 13.5. The zero-order valence-electron chi connectivity index (χ0n) is 12.1. The third kappa shape index (κ3) is 3.78. The first kappa shape index (κ1) is 16.8. The van der Waals surface area contributed by atoms with Crippen molar-refractivity contribution in [2.45, 2.75) is 0 Å². The van der Waals surface area contributed by atoms with E-state index >= 15 is 0 Å². The molecule has 0 aromatic heterocycles. The highest BCUT2D eigenvalue weighted by Gasteiger charge is 2.19. The van der Waals surface area contributed by atoms with Gasteiger partial charge in [-0.1, -0.05) is 23.7 Å². The number of benzene rings is 2. The number of ether oxygens (including phenoxy) is 2. The number of rotatable bonds is 5. The van der Waals surface area contributed by atoms with Gasteiger partial charge in [0.2, 0.25) is 5.78 Å². The second-order valence-corrected chi connectivity index (χ2v) is 4.96. The first-order valence-corrected chi connectivity index (χ1v) is 6.89. The van der Waals surface area contributed by atoms with Gasteiger partial charge >= 0.3 is 5.97 Å². The number of carbonyl (C=O) groups excluding carboxylic acids is 2. The molecule has 0 aliphatic rings. The van der Waals surface area contributed by atoms with Crippen molar-refractivity contribution in [3.8, 4) is 5.75 Å². The predicted octanol–water partition coefficient (Wildman–Crippen LogP) is 3.11. The average molecular weight is 338 g/mol. The molecule has 0 spiro atoms. The van der Waals surface area contributed by atoms with Crippen molar-refractivity contribution in [3.05, 3.63) is 58.4 Å². The van der Waals surface area contributed by atoms with Crippen LogP contribution >= 0.6 is 11.6 Å². The summed E-state index contributed by atoms with van der Waals surface area (Å²) >= 11 is 5.86. The van der Waals surface area contributed by atoms with Crippen molar-refractivity contribution in [1.82, 2.24) is 0 Å². The van der Waals surface area contributed by atoms with Crippen LogP contribution in [-0.2, 0) is 4.74 Å². The SMILES string of the molecule is COc1cc(N)c(Cl)cc1C(=O)OCC(=O)c1ccccc1F. The van der Waals surface area contributed by atoms with Crippen LogP contribution in [0.25, 0.3) is 0 Å². The molecule has 0 aliphatic carbocycles. The van der Waals surface area contributed by atoms with E-state index in [9.17, 15) is 14.0 Å². The van der Waals surface area contributed by atoms with Crippen molar-refractivity contribution in [2.24, 2.45) is 0 Å². The lowest BCUT2D eigenvalue weighted by atomic mass is 10.1. The van der Waals surface area contributed by atoms with E-state index < -0.39 is 24.2 Å². The lowest BCUT2D eigenvalue weighted by Gasteiger charge is -2.10. The van der Waals surface area contributed by atoms with Crippen LogP contribution in [0.2, 0.25) is 5.02 Å². The van der Waals surface area contributed by atoms with Crippen LogP contribution in [0.15, 0.2) is 36.4 Å². The quantitative estimate of drug-likeness (QED) is 0.515. The third-order valence-electron chi connectivity index (χ3n) is 3.05. The standard InChI is InChI=1S/C16H13ClFNO4/c1-22-15-7-13(19)11(17)6-10(15)16(21)23-8-14(20)9-4-2-3-5-12(9)18/h2-7H,8,19H2,1H3. The molecular weight excluding hydrogens is 325 g/mol. The Balaban J connectivity index is 2.13. The van der Waals surface area contributed by atoms with Gasteiger partial charge in [-0.15, -0.1) is 0 Å². The number of anilines is 1. The van der Waals surface area contributed by atoms with E-state index in [-0.39, 0.29) is 27.6 Å². The molecule has 0 radical (unpaired) electrons. The zero-order chi connectivity index (χ0) is 17.0. The minimum atomic E-state index is -0.826. The van der Waals surface area contributed by atoms with Crippen LogP contribution in [0.4, 0.5) is 10.1 Å². The van der Waals surface area contributed by atoms with Crippen LogP contribution in [0, 0.1) is 5.82 Å². The fourth-order valence-electron chi connectivity index (χ4n) is 1.87. The van der Waals surface area contributed by atoms with E-state index in [1.165, 1.54) is 37.4 Å². The second-order valence-electron chi connectivity index (χ2n) is 4.55. The van der Waals surface area contributed by atoms with Crippen LogP contribution in [-0.4, -0.2) is 25.5 Å². The molecule has 23 heavy (non-hydrogen) atoms.